The summed E-state index contributed by atoms with van der Waals surface area (Å²) in [6, 6.07) is 9.24. The zero-order valence-corrected chi connectivity index (χ0v) is 13.7. The van der Waals surface area contributed by atoms with Crippen LogP contribution in [0.5, 0.6) is 0 Å². The Morgan fingerprint density at radius 1 is 1.39 bits per heavy atom. The number of amides is 2. The number of carbonyl (C=O) groups is 2. The molecule has 1 N–H and O–H groups in total. The monoisotopic (exact) mass is 352 g/mol. The first-order valence-corrected chi connectivity index (χ1v) is 8.29. The lowest BCUT2D eigenvalue weighted by Gasteiger charge is -2.17. The summed E-state index contributed by atoms with van der Waals surface area (Å²) >= 11 is 7.01. The number of nitrogens with zero attached hydrogens (tertiary/aromatic N) is 1. The molecule has 1 atom stereocenters. The fourth-order valence-corrected chi connectivity index (χ4v) is 3.52. The molecule has 7 heteroatoms. The normalized spacial score (nSPS) is 17.6. The number of halogens is 2. The molecule has 2 amide bonds. The third-order valence-corrected chi connectivity index (χ3v) is 4.84. The summed E-state index contributed by atoms with van der Waals surface area (Å²) < 4.78 is 13.8. The van der Waals surface area contributed by atoms with Crippen molar-refractivity contribution in [3.05, 3.63) is 57.0 Å². The largest absolute Gasteiger partial charge is 0.346 e. The second-order valence-corrected chi connectivity index (χ2v) is 7.10. The molecule has 0 aliphatic carbocycles. The molecule has 2 heterocycles. The van der Waals surface area contributed by atoms with Crippen molar-refractivity contribution in [2.75, 3.05) is 6.54 Å². The lowest BCUT2D eigenvalue weighted by atomic mass is 10.2. The van der Waals surface area contributed by atoms with Gasteiger partial charge in [-0.3, -0.25) is 9.59 Å². The van der Waals surface area contributed by atoms with Crippen LogP contribution in [0.1, 0.15) is 21.7 Å². The van der Waals surface area contributed by atoms with Gasteiger partial charge in [0.1, 0.15) is 5.82 Å². The van der Waals surface area contributed by atoms with E-state index in [1.807, 2.05) is 0 Å². The minimum absolute atomic E-state index is 0.0521. The number of hydrogen-bond donors (Lipinski definition) is 1. The topological polar surface area (TPSA) is 49.4 Å². The van der Waals surface area contributed by atoms with Crippen LogP contribution >= 0.6 is 22.9 Å². The van der Waals surface area contributed by atoms with E-state index in [9.17, 15) is 14.0 Å². The van der Waals surface area contributed by atoms with E-state index in [0.717, 1.165) is 5.56 Å². The smallest absolute Gasteiger partial charge is 0.261 e. The number of hydrogen-bond acceptors (Lipinski definition) is 3. The number of likely N-dealkylation sites (tertiary alicyclic amines) is 1. The third kappa shape index (κ3) is 3.89. The molecular formula is C16H14ClFN2O2S. The number of nitrogens with one attached hydrogen (secondary N) is 1. The predicted octanol–water partition coefficient (Wildman–Crippen LogP) is 3.07. The predicted molar refractivity (Wildman–Crippen MR) is 87.0 cm³/mol. The van der Waals surface area contributed by atoms with Crippen molar-refractivity contribution in [1.29, 1.82) is 0 Å². The number of rotatable bonds is 4. The highest BCUT2D eigenvalue weighted by Gasteiger charge is 2.31. The van der Waals surface area contributed by atoms with E-state index < -0.39 is 0 Å². The van der Waals surface area contributed by atoms with Crippen LogP contribution in [0.3, 0.4) is 0 Å². The Kier molecular flexibility index (Phi) is 4.63. The Bertz CT molecular complexity index is 749. The summed E-state index contributed by atoms with van der Waals surface area (Å²) in [7, 11) is 0. The van der Waals surface area contributed by atoms with Crippen LogP contribution in [0.4, 0.5) is 4.39 Å². The summed E-state index contributed by atoms with van der Waals surface area (Å²) in [6.45, 7) is 0.758. The van der Waals surface area contributed by atoms with Crippen LogP contribution in [-0.2, 0) is 11.3 Å². The van der Waals surface area contributed by atoms with Crippen LogP contribution in [-0.4, -0.2) is 29.3 Å². The van der Waals surface area contributed by atoms with Crippen LogP contribution in [0.25, 0.3) is 0 Å². The van der Waals surface area contributed by atoms with Gasteiger partial charge >= 0.3 is 0 Å². The summed E-state index contributed by atoms with van der Waals surface area (Å²) in [4.78, 5) is 26.3. The molecule has 1 saturated heterocycles. The van der Waals surface area contributed by atoms with Crippen molar-refractivity contribution >= 4 is 34.8 Å². The molecule has 0 bridgehead atoms. The second kappa shape index (κ2) is 6.68. The molecule has 0 unspecified atom stereocenters. The minimum Gasteiger partial charge on any atom is -0.346 e. The van der Waals surface area contributed by atoms with Crippen LogP contribution in [0.15, 0.2) is 36.4 Å². The minimum atomic E-state index is -0.325. The quantitative estimate of drug-likeness (QED) is 0.919. The first-order valence-electron chi connectivity index (χ1n) is 7.09. The number of carbonyl (C=O) groups excluding carboxylic acids is 2. The van der Waals surface area contributed by atoms with Gasteiger partial charge in [-0.15, -0.1) is 11.3 Å². The molecule has 2 aromatic rings. The molecule has 1 fully saturated rings. The first-order chi connectivity index (χ1) is 11.0. The highest BCUT2D eigenvalue weighted by Crippen LogP contribution is 2.22. The van der Waals surface area contributed by atoms with Crippen LogP contribution in [0, 0.1) is 5.82 Å². The van der Waals surface area contributed by atoms with E-state index in [4.69, 9.17) is 11.6 Å². The summed E-state index contributed by atoms with van der Waals surface area (Å²) in [5, 5.41) is 2.84. The zero-order chi connectivity index (χ0) is 16.4. The maximum atomic E-state index is 13.2. The van der Waals surface area contributed by atoms with Gasteiger partial charge in [-0.2, -0.15) is 0 Å². The average Bonchev–Trinajstić information content (AvgIpc) is 3.06. The van der Waals surface area contributed by atoms with Gasteiger partial charge in [0.2, 0.25) is 5.91 Å². The zero-order valence-electron chi connectivity index (χ0n) is 12.1. The second-order valence-electron chi connectivity index (χ2n) is 5.38. The molecular weight excluding hydrogens is 339 g/mol. The lowest BCUT2D eigenvalue weighted by Crippen LogP contribution is -2.36. The molecule has 0 saturated carbocycles. The van der Waals surface area contributed by atoms with Gasteiger partial charge in [-0.1, -0.05) is 23.7 Å². The van der Waals surface area contributed by atoms with E-state index in [1.54, 1.807) is 29.2 Å². The molecule has 1 aliphatic rings. The van der Waals surface area contributed by atoms with Crippen molar-refractivity contribution in [1.82, 2.24) is 10.2 Å². The third-order valence-electron chi connectivity index (χ3n) is 3.61. The molecule has 120 valence electrons. The maximum absolute atomic E-state index is 13.2. The first kappa shape index (κ1) is 16.0. The molecule has 0 radical (unpaired) electrons. The molecule has 1 aromatic carbocycles. The van der Waals surface area contributed by atoms with Crippen molar-refractivity contribution in [3.8, 4) is 0 Å². The number of thiophene rings is 1. The van der Waals surface area contributed by atoms with Gasteiger partial charge in [-0.25, -0.2) is 4.39 Å². The fraction of sp³-hybridized carbons (Fsp3) is 0.250. The van der Waals surface area contributed by atoms with E-state index in [1.165, 1.54) is 23.5 Å². The van der Waals surface area contributed by atoms with E-state index in [-0.39, 0.29) is 30.1 Å². The van der Waals surface area contributed by atoms with E-state index in [0.29, 0.717) is 22.3 Å². The molecule has 23 heavy (non-hydrogen) atoms. The molecule has 1 aromatic heterocycles. The lowest BCUT2D eigenvalue weighted by molar-refractivity contribution is -0.128. The SMILES string of the molecule is O=C(N[C@H]1CC(=O)N(Cc2cccc(F)c2)C1)c1ccc(Cl)s1. The van der Waals surface area contributed by atoms with Crippen LogP contribution < -0.4 is 5.32 Å². The average molecular weight is 353 g/mol. The van der Waals surface area contributed by atoms with Crippen molar-refractivity contribution in [3.63, 3.8) is 0 Å². The summed E-state index contributed by atoms with van der Waals surface area (Å²) in [5.41, 5.74) is 0.732. The standard InChI is InChI=1S/C16H14ClFN2O2S/c17-14-5-4-13(23-14)16(22)19-12-7-15(21)20(9-12)8-10-2-1-3-11(18)6-10/h1-6,12H,7-9H2,(H,19,22)/t12-/m0/s1. The Hall–Kier alpha value is -1.92. The fourth-order valence-electron chi connectivity index (χ4n) is 2.57. The highest BCUT2D eigenvalue weighted by atomic mass is 35.5. The Morgan fingerprint density at radius 2 is 2.22 bits per heavy atom. The molecule has 0 spiro atoms. The van der Waals surface area contributed by atoms with E-state index in [2.05, 4.69) is 5.32 Å². The van der Waals surface area contributed by atoms with Gasteiger partial charge in [0.15, 0.2) is 0 Å². The van der Waals surface area contributed by atoms with Crippen molar-refractivity contribution in [2.24, 2.45) is 0 Å². The Labute approximate surface area is 141 Å². The van der Waals surface area contributed by atoms with Gasteiger partial charge < -0.3 is 10.2 Å². The molecule has 3 rings (SSSR count). The number of benzene rings is 1. The Morgan fingerprint density at radius 3 is 2.91 bits per heavy atom. The van der Waals surface area contributed by atoms with Crippen molar-refractivity contribution in [2.45, 2.75) is 19.0 Å². The summed E-state index contributed by atoms with van der Waals surface area (Å²) in [6.07, 6.45) is 0.250. The molecule has 1 aliphatic heterocycles. The highest BCUT2D eigenvalue weighted by molar-refractivity contribution is 7.18. The van der Waals surface area contributed by atoms with Gasteiger partial charge in [0.25, 0.3) is 5.91 Å². The Balaban J connectivity index is 1.60. The molecule has 4 nitrogen and oxygen atoms in total. The van der Waals surface area contributed by atoms with E-state index >= 15 is 0 Å². The summed E-state index contributed by atoms with van der Waals surface area (Å²) in [5.74, 6) is -0.607. The van der Waals surface area contributed by atoms with Crippen LogP contribution in [0.2, 0.25) is 4.34 Å². The van der Waals surface area contributed by atoms with Gasteiger partial charge in [0, 0.05) is 19.5 Å². The van der Waals surface area contributed by atoms with Gasteiger partial charge in [0.05, 0.1) is 15.3 Å². The maximum Gasteiger partial charge on any atom is 0.261 e. The van der Waals surface area contributed by atoms with Gasteiger partial charge in [-0.05, 0) is 29.8 Å². The van der Waals surface area contributed by atoms with Crippen molar-refractivity contribution < 1.29 is 14.0 Å².